The zero-order valence-corrected chi connectivity index (χ0v) is 14.2. The minimum Gasteiger partial charge on any atom is -0.444 e. The molecule has 0 radical (unpaired) electrons. The van der Waals surface area contributed by atoms with E-state index in [1.807, 2.05) is 45.0 Å². The summed E-state index contributed by atoms with van der Waals surface area (Å²) in [5.41, 5.74) is 0.779. The molecule has 0 bridgehead atoms. The van der Waals surface area contributed by atoms with Crippen molar-refractivity contribution < 1.29 is 9.53 Å². The molecular weight excluding hydrogens is 379 g/mol. The van der Waals surface area contributed by atoms with Gasteiger partial charge in [-0.15, -0.1) is 0 Å². The monoisotopic (exact) mass is 394 g/mol. The van der Waals surface area contributed by atoms with Gasteiger partial charge in [-0.3, -0.25) is 5.32 Å². The van der Waals surface area contributed by atoms with Crippen molar-refractivity contribution in [2.45, 2.75) is 26.4 Å². The Bertz CT molecular complexity index is 742. The number of anilines is 1. The van der Waals surface area contributed by atoms with Gasteiger partial charge in [0.05, 0.1) is 17.3 Å². The quantitative estimate of drug-likeness (QED) is 0.716. The second kappa shape index (κ2) is 5.90. The molecule has 108 valence electrons. The number of nitriles is 1. The van der Waals surface area contributed by atoms with Crippen LogP contribution in [0.5, 0.6) is 0 Å². The molecule has 2 aromatic carbocycles. The second-order valence-electron chi connectivity index (χ2n) is 5.60. The summed E-state index contributed by atoms with van der Waals surface area (Å²) in [6.07, 6.45) is -0.478. The number of amides is 1. The number of hydrogen-bond acceptors (Lipinski definition) is 3. The second-order valence-corrected chi connectivity index (χ2v) is 6.68. The van der Waals surface area contributed by atoms with Gasteiger partial charge in [-0.2, -0.15) is 5.26 Å². The van der Waals surface area contributed by atoms with Crippen molar-refractivity contribution in [3.8, 4) is 6.07 Å². The molecule has 0 spiro atoms. The Hall–Kier alpha value is -1.81. The highest BCUT2D eigenvalue weighted by atomic mass is 127. The highest BCUT2D eigenvalue weighted by molar-refractivity contribution is 14.1. The topological polar surface area (TPSA) is 62.1 Å². The Kier molecular flexibility index (Phi) is 4.37. The van der Waals surface area contributed by atoms with Crippen LogP contribution in [-0.2, 0) is 4.74 Å². The van der Waals surface area contributed by atoms with Crippen LogP contribution < -0.4 is 5.32 Å². The summed E-state index contributed by atoms with van der Waals surface area (Å²) in [6.45, 7) is 5.46. The minimum absolute atomic E-state index is 0.478. The number of ether oxygens (including phenoxy) is 1. The molecule has 0 saturated heterocycles. The molecule has 0 saturated carbocycles. The van der Waals surface area contributed by atoms with Gasteiger partial charge in [-0.1, -0.05) is 12.1 Å². The average molecular weight is 394 g/mol. The highest BCUT2D eigenvalue weighted by Gasteiger charge is 2.17. The van der Waals surface area contributed by atoms with Crippen molar-refractivity contribution in [3.05, 3.63) is 39.5 Å². The maximum atomic E-state index is 11.8. The first kappa shape index (κ1) is 15.6. The lowest BCUT2D eigenvalue weighted by Crippen LogP contribution is -2.27. The van der Waals surface area contributed by atoms with E-state index in [0.29, 0.717) is 11.3 Å². The van der Waals surface area contributed by atoms with Crippen molar-refractivity contribution in [1.29, 1.82) is 5.26 Å². The maximum Gasteiger partial charge on any atom is 0.412 e. The largest absolute Gasteiger partial charge is 0.444 e. The van der Waals surface area contributed by atoms with Crippen LogP contribution in [0.2, 0.25) is 0 Å². The molecule has 4 nitrogen and oxygen atoms in total. The molecule has 0 heterocycles. The predicted molar refractivity (Wildman–Crippen MR) is 91.2 cm³/mol. The molecule has 21 heavy (non-hydrogen) atoms. The molecule has 5 heteroatoms. The average Bonchev–Trinajstić information content (AvgIpc) is 2.39. The number of benzene rings is 2. The Morgan fingerprint density at radius 2 is 2.00 bits per heavy atom. The third-order valence-electron chi connectivity index (χ3n) is 2.72. The third-order valence-corrected chi connectivity index (χ3v) is 3.88. The summed E-state index contributed by atoms with van der Waals surface area (Å²) < 4.78 is 6.17. The van der Waals surface area contributed by atoms with Crippen LogP contribution in [0.4, 0.5) is 10.5 Å². The lowest BCUT2D eigenvalue weighted by Gasteiger charge is -2.20. The van der Waals surface area contributed by atoms with Crippen LogP contribution in [-0.4, -0.2) is 11.7 Å². The lowest BCUT2D eigenvalue weighted by atomic mass is 10.1. The molecule has 2 aromatic rings. The van der Waals surface area contributed by atoms with E-state index in [0.717, 1.165) is 14.3 Å². The Labute approximate surface area is 137 Å². The first-order valence-corrected chi connectivity index (χ1v) is 7.50. The number of nitrogens with zero attached hydrogens (tertiary/aromatic N) is 1. The van der Waals surface area contributed by atoms with E-state index in [1.54, 1.807) is 6.07 Å². The standard InChI is InChI=1S/C16H15IN2O2/c1-16(2,3)21-15(20)19-13-7-5-11-8-10(9-18)4-6-12(11)14(13)17/h4-8H,1-3H3,(H,19,20). The van der Waals surface area contributed by atoms with Crippen LogP contribution in [0, 0.1) is 14.9 Å². The number of nitrogens with one attached hydrogen (secondary N) is 1. The van der Waals surface area contributed by atoms with Crippen molar-refractivity contribution in [2.24, 2.45) is 0 Å². The molecule has 2 rings (SSSR count). The molecule has 1 N–H and O–H groups in total. The molecule has 0 aliphatic rings. The van der Waals surface area contributed by atoms with Gasteiger partial charge in [0.1, 0.15) is 5.60 Å². The number of fused-ring (bicyclic) bond motifs is 1. The first-order chi connectivity index (χ1) is 9.80. The fraction of sp³-hybridized carbons (Fsp3) is 0.250. The molecule has 0 aliphatic heterocycles. The van der Waals surface area contributed by atoms with Gasteiger partial charge < -0.3 is 4.74 Å². The van der Waals surface area contributed by atoms with Crippen molar-refractivity contribution >= 4 is 45.1 Å². The molecule has 0 atom stereocenters. The molecule has 0 unspecified atom stereocenters. The SMILES string of the molecule is CC(C)(C)OC(=O)Nc1ccc2cc(C#N)ccc2c1I. The molecule has 0 fully saturated rings. The van der Waals surface area contributed by atoms with Gasteiger partial charge in [0, 0.05) is 3.57 Å². The Morgan fingerprint density at radius 3 is 2.62 bits per heavy atom. The molecular formula is C16H15IN2O2. The van der Waals surface area contributed by atoms with Gasteiger partial charge in [-0.25, -0.2) is 4.79 Å². The van der Waals surface area contributed by atoms with Gasteiger partial charge in [0.2, 0.25) is 0 Å². The van der Waals surface area contributed by atoms with Crippen LogP contribution in [0.15, 0.2) is 30.3 Å². The molecule has 0 aromatic heterocycles. The third kappa shape index (κ3) is 3.85. The van der Waals surface area contributed by atoms with Crippen molar-refractivity contribution in [1.82, 2.24) is 0 Å². The zero-order chi connectivity index (χ0) is 15.6. The van der Waals surface area contributed by atoms with E-state index in [2.05, 4.69) is 34.0 Å². The highest BCUT2D eigenvalue weighted by Crippen LogP contribution is 2.28. The molecule has 1 amide bonds. The Morgan fingerprint density at radius 1 is 1.29 bits per heavy atom. The number of rotatable bonds is 1. The summed E-state index contributed by atoms with van der Waals surface area (Å²) in [5, 5.41) is 13.6. The predicted octanol–water partition coefficient (Wildman–Crippen LogP) is 4.66. The number of carbonyl (C=O) groups is 1. The van der Waals surface area contributed by atoms with Crippen molar-refractivity contribution in [2.75, 3.05) is 5.32 Å². The fourth-order valence-electron chi connectivity index (χ4n) is 1.87. The minimum atomic E-state index is -0.534. The van der Waals surface area contributed by atoms with Crippen LogP contribution in [0.1, 0.15) is 26.3 Å². The van der Waals surface area contributed by atoms with Crippen LogP contribution in [0.3, 0.4) is 0 Å². The van der Waals surface area contributed by atoms with Crippen LogP contribution >= 0.6 is 22.6 Å². The maximum absolute atomic E-state index is 11.8. The van der Waals surface area contributed by atoms with E-state index in [-0.39, 0.29) is 0 Å². The van der Waals surface area contributed by atoms with E-state index >= 15 is 0 Å². The van der Waals surface area contributed by atoms with Crippen LogP contribution in [0.25, 0.3) is 10.8 Å². The van der Waals surface area contributed by atoms with Gasteiger partial charge in [-0.05, 0) is 72.3 Å². The zero-order valence-electron chi connectivity index (χ0n) is 12.0. The van der Waals surface area contributed by atoms with E-state index in [9.17, 15) is 4.79 Å². The number of carbonyl (C=O) groups excluding carboxylic acids is 1. The smallest absolute Gasteiger partial charge is 0.412 e. The number of halogens is 1. The van der Waals surface area contributed by atoms with E-state index < -0.39 is 11.7 Å². The Balaban J connectivity index is 2.32. The molecule has 0 aliphatic carbocycles. The van der Waals surface area contributed by atoms with E-state index in [1.165, 1.54) is 0 Å². The first-order valence-electron chi connectivity index (χ1n) is 6.42. The summed E-state index contributed by atoms with van der Waals surface area (Å²) in [7, 11) is 0. The number of hydrogen-bond donors (Lipinski definition) is 1. The summed E-state index contributed by atoms with van der Waals surface area (Å²) >= 11 is 2.18. The fourth-order valence-corrected chi connectivity index (χ4v) is 2.68. The summed E-state index contributed by atoms with van der Waals surface area (Å²) in [5.74, 6) is 0. The lowest BCUT2D eigenvalue weighted by molar-refractivity contribution is 0.0636. The van der Waals surface area contributed by atoms with Crippen molar-refractivity contribution in [3.63, 3.8) is 0 Å². The summed E-state index contributed by atoms with van der Waals surface area (Å²) in [4.78, 5) is 11.8. The van der Waals surface area contributed by atoms with Gasteiger partial charge in [0.15, 0.2) is 0 Å². The van der Waals surface area contributed by atoms with E-state index in [4.69, 9.17) is 10.00 Å². The van der Waals surface area contributed by atoms with Gasteiger partial charge in [0.25, 0.3) is 0 Å². The normalized spacial score (nSPS) is 11.0. The van der Waals surface area contributed by atoms with Gasteiger partial charge >= 0.3 is 6.09 Å². The summed E-state index contributed by atoms with van der Waals surface area (Å²) in [6, 6.07) is 11.3.